The number of piperidine rings is 1. The number of rotatable bonds is 2. The van der Waals surface area contributed by atoms with Crippen molar-refractivity contribution in [3.8, 4) is 0 Å². The number of pyridine rings is 1. The summed E-state index contributed by atoms with van der Waals surface area (Å²) in [4.78, 5) is 6.53. The van der Waals surface area contributed by atoms with Crippen LogP contribution in [0.5, 0.6) is 0 Å². The van der Waals surface area contributed by atoms with Gasteiger partial charge in [0.15, 0.2) is 0 Å². The van der Waals surface area contributed by atoms with E-state index in [1.807, 2.05) is 19.1 Å². The fraction of sp³-hybridized carbons (Fsp3) is 0.615. The van der Waals surface area contributed by atoms with E-state index in [9.17, 15) is 5.11 Å². The zero-order chi connectivity index (χ0) is 12.5. The molecule has 2 rings (SSSR count). The first-order valence-corrected chi connectivity index (χ1v) is 6.42. The normalized spacial score (nSPS) is 22.4. The van der Waals surface area contributed by atoms with Crippen LogP contribution in [0, 0.1) is 5.92 Å². The smallest absolute Gasteiger partial charge is 0.129 e. The maximum absolute atomic E-state index is 10.7. The number of hydrogen-bond donors (Lipinski definition) is 1. The molecule has 1 aromatic rings. The fourth-order valence-corrected chi connectivity index (χ4v) is 2.63. The maximum Gasteiger partial charge on any atom is 0.129 e. The van der Waals surface area contributed by atoms with Gasteiger partial charge in [-0.05, 0) is 58.0 Å². The minimum absolute atomic E-state index is 0.254. The Morgan fingerprint density at radius 2 is 2.06 bits per heavy atom. The molecule has 1 unspecified atom stereocenters. The van der Waals surface area contributed by atoms with Crippen molar-refractivity contribution < 1.29 is 5.11 Å². The van der Waals surface area contributed by atoms with Gasteiger partial charge in [-0.1, -0.05) is 17.7 Å². The monoisotopic (exact) mass is 254 g/mol. The predicted molar refractivity (Wildman–Crippen MR) is 69.0 cm³/mol. The van der Waals surface area contributed by atoms with E-state index in [4.69, 9.17) is 11.6 Å². The maximum atomic E-state index is 10.7. The van der Waals surface area contributed by atoms with Crippen LogP contribution in [0.3, 0.4) is 0 Å². The molecule has 1 atom stereocenters. The predicted octanol–water partition coefficient (Wildman–Crippen LogP) is 2.28. The SMILES string of the molecule is CN1CCC(C(C)(O)c2cccc(Cl)n2)CC1. The minimum Gasteiger partial charge on any atom is -0.384 e. The molecule has 0 aromatic carbocycles. The summed E-state index contributed by atoms with van der Waals surface area (Å²) in [5, 5.41) is 11.1. The van der Waals surface area contributed by atoms with Crippen molar-refractivity contribution in [2.45, 2.75) is 25.4 Å². The Hall–Kier alpha value is -0.640. The van der Waals surface area contributed by atoms with E-state index in [0.29, 0.717) is 10.8 Å². The van der Waals surface area contributed by atoms with Crippen LogP contribution >= 0.6 is 11.6 Å². The quantitative estimate of drug-likeness (QED) is 0.823. The molecular formula is C13H19ClN2O. The molecule has 0 aliphatic carbocycles. The van der Waals surface area contributed by atoms with Crippen LogP contribution in [0.15, 0.2) is 18.2 Å². The standard InChI is InChI=1S/C13H19ClN2O/c1-13(17,10-6-8-16(2)9-7-10)11-4-3-5-12(14)15-11/h3-5,10,17H,6-9H2,1-2H3. The topological polar surface area (TPSA) is 36.4 Å². The first-order chi connectivity index (χ1) is 8.00. The molecule has 1 aliphatic rings. The van der Waals surface area contributed by atoms with Crippen molar-refractivity contribution in [1.82, 2.24) is 9.88 Å². The third kappa shape index (κ3) is 2.79. The van der Waals surface area contributed by atoms with Gasteiger partial charge in [0.25, 0.3) is 0 Å². The Kier molecular flexibility index (Phi) is 3.71. The summed E-state index contributed by atoms with van der Waals surface area (Å²) in [6, 6.07) is 5.42. The Bertz CT molecular complexity index is 387. The van der Waals surface area contributed by atoms with E-state index in [2.05, 4.69) is 16.9 Å². The molecular weight excluding hydrogens is 236 g/mol. The molecule has 2 heterocycles. The molecule has 1 fully saturated rings. The van der Waals surface area contributed by atoms with Gasteiger partial charge >= 0.3 is 0 Å². The molecule has 1 aliphatic heterocycles. The lowest BCUT2D eigenvalue weighted by molar-refractivity contribution is -0.0336. The van der Waals surface area contributed by atoms with Gasteiger partial charge in [-0.25, -0.2) is 4.98 Å². The second-order valence-electron chi connectivity index (χ2n) is 5.07. The third-order valence-electron chi connectivity index (χ3n) is 3.75. The lowest BCUT2D eigenvalue weighted by Gasteiger charge is -2.38. The van der Waals surface area contributed by atoms with Crippen LogP contribution in [0.4, 0.5) is 0 Å². The highest BCUT2D eigenvalue weighted by atomic mass is 35.5. The van der Waals surface area contributed by atoms with E-state index < -0.39 is 5.60 Å². The molecule has 1 aromatic heterocycles. The molecule has 0 spiro atoms. The fourth-order valence-electron chi connectivity index (χ4n) is 2.47. The molecule has 0 radical (unpaired) electrons. The molecule has 1 saturated heterocycles. The number of aliphatic hydroxyl groups is 1. The van der Waals surface area contributed by atoms with Crippen LogP contribution in [0.25, 0.3) is 0 Å². The van der Waals surface area contributed by atoms with E-state index >= 15 is 0 Å². The van der Waals surface area contributed by atoms with Gasteiger partial charge in [-0.15, -0.1) is 0 Å². The minimum atomic E-state index is -0.883. The summed E-state index contributed by atoms with van der Waals surface area (Å²) >= 11 is 5.88. The zero-order valence-electron chi connectivity index (χ0n) is 10.4. The molecule has 0 bridgehead atoms. The molecule has 3 nitrogen and oxygen atoms in total. The highest BCUT2D eigenvalue weighted by molar-refractivity contribution is 6.29. The number of halogens is 1. The molecule has 0 amide bonds. The second-order valence-corrected chi connectivity index (χ2v) is 5.46. The van der Waals surface area contributed by atoms with Crippen LogP contribution in [0.2, 0.25) is 5.15 Å². The van der Waals surface area contributed by atoms with E-state index in [-0.39, 0.29) is 5.92 Å². The highest BCUT2D eigenvalue weighted by Crippen LogP contribution is 2.35. The Labute approximate surface area is 107 Å². The van der Waals surface area contributed by atoms with Crippen molar-refractivity contribution in [3.05, 3.63) is 29.0 Å². The molecule has 94 valence electrons. The summed E-state index contributed by atoms with van der Waals surface area (Å²) in [6.45, 7) is 3.91. The van der Waals surface area contributed by atoms with Crippen molar-refractivity contribution in [2.75, 3.05) is 20.1 Å². The second kappa shape index (κ2) is 4.92. The number of nitrogens with zero attached hydrogens (tertiary/aromatic N) is 2. The van der Waals surface area contributed by atoms with Crippen molar-refractivity contribution in [3.63, 3.8) is 0 Å². The Morgan fingerprint density at radius 3 is 2.65 bits per heavy atom. The average molecular weight is 255 g/mol. The number of hydrogen-bond acceptors (Lipinski definition) is 3. The van der Waals surface area contributed by atoms with E-state index in [1.165, 1.54) is 0 Å². The van der Waals surface area contributed by atoms with Gasteiger partial charge in [0.2, 0.25) is 0 Å². The van der Waals surface area contributed by atoms with E-state index in [0.717, 1.165) is 25.9 Å². The van der Waals surface area contributed by atoms with Gasteiger partial charge in [0.1, 0.15) is 10.8 Å². The summed E-state index contributed by atoms with van der Waals surface area (Å²) in [5.74, 6) is 0.254. The third-order valence-corrected chi connectivity index (χ3v) is 3.96. The Balaban J connectivity index is 2.18. The lowest BCUT2D eigenvalue weighted by Crippen LogP contribution is -2.41. The summed E-state index contributed by atoms with van der Waals surface area (Å²) in [6.07, 6.45) is 2.00. The molecule has 0 saturated carbocycles. The number of aromatic nitrogens is 1. The van der Waals surface area contributed by atoms with Gasteiger partial charge < -0.3 is 10.0 Å². The first kappa shape index (κ1) is 12.8. The molecule has 17 heavy (non-hydrogen) atoms. The zero-order valence-corrected chi connectivity index (χ0v) is 11.1. The van der Waals surface area contributed by atoms with Gasteiger partial charge in [0.05, 0.1) is 5.69 Å². The van der Waals surface area contributed by atoms with Crippen LogP contribution < -0.4 is 0 Å². The summed E-state index contributed by atoms with van der Waals surface area (Å²) in [7, 11) is 2.11. The Morgan fingerprint density at radius 1 is 1.41 bits per heavy atom. The largest absolute Gasteiger partial charge is 0.384 e. The first-order valence-electron chi connectivity index (χ1n) is 6.04. The van der Waals surface area contributed by atoms with Crippen molar-refractivity contribution in [2.24, 2.45) is 5.92 Å². The van der Waals surface area contributed by atoms with Crippen LogP contribution in [0.1, 0.15) is 25.5 Å². The summed E-state index contributed by atoms with van der Waals surface area (Å²) in [5.41, 5.74) is -0.203. The van der Waals surface area contributed by atoms with Crippen molar-refractivity contribution in [1.29, 1.82) is 0 Å². The molecule has 4 heteroatoms. The summed E-state index contributed by atoms with van der Waals surface area (Å²) < 4.78 is 0. The lowest BCUT2D eigenvalue weighted by atomic mass is 9.79. The highest BCUT2D eigenvalue weighted by Gasteiger charge is 2.36. The number of likely N-dealkylation sites (tertiary alicyclic amines) is 1. The molecule has 1 N–H and O–H groups in total. The van der Waals surface area contributed by atoms with Gasteiger partial charge in [0, 0.05) is 0 Å². The van der Waals surface area contributed by atoms with Gasteiger partial charge in [-0.2, -0.15) is 0 Å². The average Bonchev–Trinajstić information content (AvgIpc) is 2.29. The van der Waals surface area contributed by atoms with Crippen molar-refractivity contribution >= 4 is 11.6 Å². The van der Waals surface area contributed by atoms with Crippen LogP contribution in [-0.2, 0) is 5.60 Å². The van der Waals surface area contributed by atoms with Crippen LogP contribution in [-0.4, -0.2) is 35.1 Å². The van der Waals surface area contributed by atoms with E-state index in [1.54, 1.807) is 6.07 Å². The van der Waals surface area contributed by atoms with Gasteiger partial charge in [-0.3, -0.25) is 0 Å².